The van der Waals surface area contributed by atoms with E-state index >= 15 is 0 Å². The van der Waals surface area contributed by atoms with Crippen LogP contribution in [0.2, 0.25) is 0 Å². The van der Waals surface area contributed by atoms with E-state index in [4.69, 9.17) is 9.47 Å². The Morgan fingerprint density at radius 3 is 2.38 bits per heavy atom. The molecule has 0 aromatic heterocycles. The third-order valence-corrected chi connectivity index (χ3v) is 5.31. The van der Waals surface area contributed by atoms with Gasteiger partial charge in [0.05, 0.1) is 14.2 Å². The first-order chi connectivity index (χ1) is 14.2. The molecule has 2 aromatic carbocycles. The Labute approximate surface area is 173 Å². The van der Waals surface area contributed by atoms with E-state index in [1.54, 1.807) is 14.2 Å². The van der Waals surface area contributed by atoms with Crippen LogP contribution in [-0.2, 0) is 13.1 Å². The first kappa shape index (κ1) is 21.0. The lowest BCUT2D eigenvalue weighted by atomic mass is 10.0. The number of hydrogen-bond donors (Lipinski definition) is 2. The van der Waals surface area contributed by atoms with Crippen molar-refractivity contribution >= 4 is 5.96 Å². The molecular formula is C23H32N4O2. The SMILES string of the molecule is CN=C(NCc1ccc(OC)c(OC)c1)NC1CCN(Cc2ccccc2)CC1. The zero-order valence-electron chi connectivity index (χ0n) is 17.6. The van der Waals surface area contributed by atoms with Crippen molar-refractivity contribution in [2.24, 2.45) is 4.99 Å². The largest absolute Gasteiger partial charge is 0.493 e. The molecule has 0 bridgehead atoms. The highest BCUT2D eigenvalue weighted by Crippen LogP contribution is 2.27. The van der Waals surface area contributed by atoms with Gasteiger partial charge in [0, 0.05) is 39.3 Å². The molecule has 0 radical (unpaired) electrons. The molecule has 1 aliphatic rings. The Morgan fingerprint density at radius 1 is 1.00 bits per heavy atom. The summed E-state index contributed by atoms with van der Waals surface area (Å²) in [6.45, 7) is 3.89. The van der Waals surface area contributed by atoms with Gasteiger partial charge in [-0.15, -0.1) is 0 Å². The maximum absolute atomic E-state index is 5.38. The molecule has 29 heavy (non-hydrogen) atoms. The Balaban J connectivity index is 1.45. The zero-order valence-corrected chi connectivity index (χ0v) is 17.6. The Hall–Kier alpha value is -2.73. The van der Waals surface area contributed by atoms with Crippen molar-refractivity contribution in [2.75, 3.05) is 34.4 Å². The van der Waals surface area contributed by atoms with E-state index in [9.17, 15) is 0 Å². The average molecular weight is 397 g/mol. The minimum absolute atomic E-state index is 0.443. The summed E-state index contributed by atoms with van der Waals surface area (Å²) in [6, 6.07) is 17.1. The number of likely N-dealkylation sites (tertiary alicyclic amines) is 1. The summed E-state index contributed by atoms with van der Waals surface area (Å²) in [5, 5.41) is 6.97. The molecular weight excluding hydrogens is 364 g/mol. The summed E-state index contributed by atoms with van der Waals surface area (Å²) >= 11 is 0. The lowest BCUT2D eigenvalue weighted by Gasteiger charge is -2.33. The van der Waals surface area contributed by atoms with Crippen LogP contribution in [0.3, 0.4) is 0 Å². The number of nitrogens with one attached hydrogen (secondary N) is 2. The lowest BCUT2D eigenvalue weighted by Crippen LogP contribution is -2.48. The van der Waals surface area contributed by atoms with Crippen LogP contribution in [-0.4, -0.2) is 51.3 Å². The fourth-order valence-electron chi connectivity index (χ4n) is 3.64. The van der Waals surface area contributed by atoms with Gasteiger partial charge in [0.2, 0.25) is 0 Å². The topological polar surface area (TPSA) is 58.1 Å². The maximum atomic E-state index is 5.38. The molecule has 2 N–H and O–H groups in total. The summed E-state index contributed by atoms with van der Waals surface area (Å²) in [4.78, 5) is 6.91. The fraction of sp³-hybridized carbons (Fsp3) is 0.435. The quantitative estimate of drug-likeness (QED) is 0.557. The third-order valence-electron chi connectivity index (χ3n) is 5.31. The van der Waals surface area contributed by atoms with Crippen molar-refractivity contribution in [1.82, 2.24) is 15.5 Å². The molecule has 0 atom stereocenters. The number of nitrogens with zero attached hydrogens (tertiary/aromatic N) is 2. The minimum atomic E-state index is 0.443. The number of methoxy groups -OCH3 is 2. The van der Waals surface area contributed by atoms with Crippen LogP contribution >= 0.6 is 0 Å². The molecule has 0 aliphatic carbocycles. The van der Waals surface area contributed by atoms with E-state index < -0.39 is 0 Å². The van der Waals surface area contributed by atoms with Crippen molar-refractivity contribution in [3.8, 4) is 11.5 Å². The highest BCUT2D eigenvalue weighted by molar-refractivity contribution is 5.80. The van der Waals surface area contributed by atoms with Crippen molar-refractivity contribution in [2.45, 2.75) is 32.0 Å². The van der Waals surface area contributed by atoms with E-state index in [-0.39, 0.29) is 0 Å². The van der Waals surface area contributed by atoms with Crippen molar-refractivity contribution < 1.29 is 9.47 Å². The summed E-state index contributed by atoms with van der Waals surface area (Å²) in [6.07, 6.45) is 2.23. The number of ether oxygens (including phenoxy) is 2. The molecule has 1 fully saturated rings. The molecule has 0 spiro atoms. The van der Waals surface area contributed by atoms with Gasteiger partial charge in [0.15, 0.2) is 17.5 Å². The molecule has 156 valence electrons. The predicted octanol–water partition coefficient (Wildman–Crippen LogP) is 3.03. The number of guanidine groups is 1. The number of benzene rings is 2. The molecule has 0 unspecified atom stereocenters. The second-order valence-corrected chi connectivity index (χ2v) is 7.30. The summed E-state index contributed by atoms with van der Waals surface area (Å²) in [7, 11) is 5.11. The summed E-state index contributed by atoms with van der Waals surface area (Å²) < 4.78 is 10.7. The van der Waals surface area contributed by atoms with E-state index in [0.29, 0.717) is 12.6 Å². The molecule has 1 heterocycles. The molecule has 0 amide bonds. The Kier molecular flexibility index (Phi) is 7.76. The van der Waals surface area contributed by atoms with Gasteiger partial charge in [-0.1, -0.05) is 36.4 Å². The van der Waals surface area contributed by atoms with Gasteiger partial charge in [-0.3, -0.25) is 9.89 Å². The monoisotopic (exact) mass is 396 g/mol. The second kappa shape index (κ2) is 10.7. The highest BCUT2D eigenvalue weighted by atomic mass is 16.5. The zero-order chi connectivity index (χ0) is 20.5. The summed E-state index contributed by atoms with van der Waals surface area (Å²) in [5.74, 6) is 2.31. The van der Waals surface area contributed by atoms with Crippen LogP contribution in [0.1, 0.15) is 24.0 Å². The van der Waals surface area contributed by atoms with Crippen molar-refractivity contribution in [3.63, 3.8) is 0 Å². The number of piperidine rings is 1. The molecule has 0 saturated carbocycles. The molecule has 1 aliphatic heterocycles. The van der Waals surface area contributed by atoms with E-state index in [1.165, 1.54) is 5.56 Å². The lowest BCUT2D eigenvalue weighted by molar-refractivity contribution is 0.198. The minimum Gasteiger partial charge on any atom is -0.493 e. The Morgan fingerprint density at radius 2 is 1.72 bits per heavy atom. The van der Waals surface area contributed by atoms with Crippen molar-refractivity contribution in [3.05, 3.63) is 59.7 Å². The van der Waals surface area contributed by atoms with Crippen LogP contribution in [0, 0.1) is 0 Å². The first-order valence-electron chi connectivity index (χ1n) is 10.2. The van der Waals surface area contributed by atoms with Crippen LogP contribution in [0.25, 0.3) is 0 Å². The first-order valence-corrected chi connectivity index (χ1v) is 10.2. The van der Waals surface area contributed by atoms with Crippen molar-refractivity contribution in [1.29, 1.82) is 0 Å². The molecule has 6 nitrogen and oxygen atoms in total. The van der Waals surface area contributed by atoms with Gasteiger partial charge in [-0.05, 0) is 36.1 Å². The number of hydrogen-bond acceptors (Lipinski definition) is 4. The maximum Gasteiger partial charge on any atom is 0.191 e. The van der Waals surface area contributed by atoms with E-state index in [1.807, 2.05) is 25.2 Å². The standard InChI is InChI=1S/C23H32N4O2/c1-24-23(25-16-19-9-10-21(28-2)22(15-19)29-3)26-20-11-13-27(14-12-20)17-18-7-5-4-6-8-18/h4-10,15,20H,11-14,16-17H2,1-3H3,(H2,24,25,26). The van der Waals surface area contributed by atoms with Crippen LogP contribution in [0.4, 0.5) is 0 Å². The van der Waals surface area contributed by atoms with Gasteiger partial charge in [0.25, 0.3) is 0 Å². The number of rotatable bonds is 7. The van der Waals surface area contributed by atoms with Gasteiger partial charge in [-0.25, -0.2) is 0 Å². The van der Waals surface area contributed by atoms with Gasteiger partial charge >= 0.3 is 0 Å². The summed E-state index contributed by atoms with van der Waals surface area (Å²) in [5.41, 5.74) is 2.49. The fourth-order valence-corrected chi connectivity index (χ4v) is 3.64. The normalized spacial score (nSPS) is 15.8. The van der Waals surface area contributed by atoms with E-state index in [0.717, 1.165) is 55.5 Å². The average Bonchev–Trinajstić information content (AvgIpc) is 2.78. The molecule has 6 heteroatoms. The number of aliphatic imine (C=N–C) groups is 1. The molecule has 1 saturated heterocycles. The van der Waals surface area contributed by atoms with E-state index in [2.05, 4.69) is 50.9 Å². The van der Waals surface area contributed by atoms with Gasteiger partial charge < -0.3 is 20.1 Å². The molecule has 2 aromatic rings. The smallest absolute Gasteiger partial charge is 0.191 e. The van der Waals surface area contributed by atoms with Crippen LogP contribution in [0.5, 0.6) is 11.5 Å². The Bertz CT molecular complexity index is 787. The highest BCUT2D eigenvalue weighted by Gasteiger charge is 2.20. The predicted molar refractivity (Wildman–Crippen MR) is 118 cm³/mol. The van der Waals surface area contributed by atoms with Gasteiger partial charge in [0.1, 0.15) is 0 Å². The van der Waals surface area contributed by atoms with Gasteiger partial charge in [-0.2, -0.15) is 0 Å². The van der Waals surface area contributed by atoms with Crippen LogP contribution < -0.4 is 20.1 Å². The second-order valence-electron chi connectivity index (χ2n) is 7.30. The molecule has 3 rings (SSSR count). The van der Waals surface area contributed by atoms with Crippen LogP contribution in [0.15, 0.2) is 53.5 Å². The third kappa shape index (κ3) is 6.12.